The van der Waals surface area contributed by atoms with Gasteiger partial charge in [0.05, 0.1) is 17.2 Å². The molecule has 0 aliphatic heterocycles. The molecular weight excluding hydrogens is 224 g/mol. The normalized spacial score (nSPS) is 13.1. The molecule has 6 heteroatoms. The first-order valence-electron chi connectivity index (χ1n) is 5.14. The summed E-state index contributed by atoms with van der Waals surface area (Å²) >= 11 is 1.55. The summed E-state index contributed by atoms with van der Waals surface area (Å²) in [6, 6.07) is -0.230. The predicted molar refractivity (Wildman–Crippen MR) is 64.5 cm³/mol. The van der Waals surface area contributed by atoms with Crippen LogP contribution in [-0.4, -0.2) is 28.9 Å². The lowest BCUT2D eigenvalue weighted by Gasteiger charge is -2.28. The average molecular weight is 242 g/mol. The fraction of sp³-hybridized carbons (Fsp3) is 0.600. The number of thiazole rings is 1. The highest BCUT2D eigenvalue weighted by Gasteiger charge is 2.26. The van der Waals surface area contributed by atoms with E-state index >= 15 is 0 Å². The van der Waals surface area contributed by atoms with Crippen molar-refractivity contribution in [3.63, 3.8) is 0 Å². The number of amides is 1. The van der Waals surface area contributed by atoms with Crippen molar-refractivity contribution in [2.75, 3.05) is 7.05 Å². The minimum Gasteiger partial charge on any atom is -0.293 e. The van der Waals surface area contributed by atoms with Gasteiger partial charge in [-0.3, -0.25) is 15.1 Å². The number of nitrogens with one attached hydrogen (secondary N) is 1. The van der Waals surface area contributed by atoms with E-state index in [0.29, 0.717) is 6.54 Å². The zero-order valence-corrected chi connectivity index (χ0v) is 10.6. The second kappa shape index (κ2) is 5.93. The van der Waals surface area contributed by atoms with Gasteiger partial charge >= 0.3 is 0 Å². The van der Waals surface area contributed by atoms with Crippen molar-refractivity contribution in [1.82, 2.24) is 15.3 Å². The number of hydrazine groups is 1. The van der Waals surface area contributed by atoms with Crippen molar-refractivity contribution in [2.24, 2.45) is 11.8 Å². The SMILES string of the molecule is CC(C)C(C(=O)NN)N(C)Cc1cscn1. The maximum absolute atomic E-state index is 11.6. The van der Waals surface area contributed by atoms with Gasteiger partial charge < -0.3 is 0 Å². The number of hydrogen-bond acceptors (Lipinski definition) is 5. The van der Waals surface area contributed by atoms with Gasteiger partial charge in [-0.05, 0) is 13.0 Å². The average Bonchev–Trinajstić information content (AvgIpc) is 2.69. The Hall–Kier alpha value is -0.980. The molecule has 5 nitrogen and oxygen atoms in total. The van der Waals surface area contributed by atoms with Crippen molar-refractivity contribution < 1.29 is 4.79 Å². The fourth-order valence-electron chi connectivity index (χ4n) is 1.77. The molecule has 1 unspecified atom stereocenters. The Morgan fingerprint density at radius 1 is 1.69 bits per heavy atom. The number of nitrogens with zero attached hydrogens (tertiary/aromatic N) is 2. The van der Waals surface area contributed by atoms with Crippen molar-refractivity contribution in [2.45, 2.75) is 26.4 Å². The molecule has 1 amide bonds. The standard InChI is InChI=1S/C10H18N4OS/c1-7(2)9(10(15)13-11)14(3)4-8-5-16-6-12-8/h5-7,9H,4,11H2,1-3H3,(H,13,15). The summed E-state index contributed by atoms with van der Waals surface area (Å²) in [5.74, 6) is 5.22. The van der Waals surface area contributed by atoms with E-state index in [-0.39, 0.29) is 17.9 Å². The van der Waals surface area contributed by atoms with Gasteiger partial charge in [-0.25, -0.2) is 10.8 Å². The van der Waals surface area contributed by atoms with Crippen LogP contribution in [0, 0.1) is 5.92 Å². The molecule has 0 spiro atoms. The van der Waals surface area contributed by atoms with Crippen LogP contribution in [0.5, 0.6) is 0 Å². The molecule has 0 saturated carbocycles. The third-order valence-corrected chi connectivity index (χ3v) is 3.05. The highest BCUT2D eigenvalue weighted by molar-refractivity contribution is 7.07. The molecular formula is C10H18N4OS. The molecule has 1 aromatic rings. The molecule has 0 aliphatic carbocycles. The van der Waals surface area contributed by atoms with E-state index in [9.17, 15) is 4.79 Å². The van der Waals surface area contributed by atoms with Crippen LogP contribution in [0.25, 0.3) is 0 Å². The summed E-state index contributed by atoms with van der Waals surface area (Å²) in [7, 11) is 1.90. The van der Waals surface area contributed by atoms with E-state index in [1.807, 2.05) is 31.2 Å². The number of carbonyl (C=O) groups is 1. The van der Waals surface area contributed by atoms with Gasteiger partial charge in [-0.15, -0.1) is 11.3 Å². The molecule has 1 rings (SSSR count). The summed E-state index contributed by atoms with van der Waals surface area (Å²) in [5, 5.41) is 1.98. The van der Waals surface area contributed by atoms with Crippen molar-refractivity contribution in [3.05, 3.63) is 16.6 Å². The number of nitrogens with two attached hydrogens (primary N) is 1. The topological polar surface area (TPSA) is 71.2 Å². The smallest absolute Gasteiger partial charge is 0.251 e. The van der Waals surface area contributed by atoms with E-state index in [4.69, 9.17) is 5.84 Å². The molecule has 0 saturated heterocycles. The number of aromatic nitrogens is 1. The Morgan fingerprint density at radius 2 is 2.38 bits per heavy atom. The largest absolute Gasteiger partial charge is 0.293 e. The van der Waals surface area contributed by atoms with E-state index in [1.54, 1.807) is 16.8 Å². The summed E-state index contributed by atoms with van der Waals surface area (Å²) in [4.78, 5) is 17.8. The van der Waals surface area contributed by atoms with Crippen LogP contribution in [0.4, 0.5) is 0 Å². The van der Waals surface area contributed by atoms with E-state index in [1.165, 1.54) is 0 Å². The molecule has 1 heterocycles. The zero-order valence-electron chi connectivity index (χ0n) is 9.80. The van der Waals surface area contributed by atoms with Gasteiger partial charge in [0.15, 0.2) is 0 Å². The Kier molecular flexibility index (Phi) is 4.85. The third kappa shape index (κ3) is 3.26. The van der Waals surface area contributed by atoms with Crippen LogP contribution in [0.15, 0.2) is 10.9 Å². The summed E-state index contributed by atoms with van der Waals surface area (Å²) in [6.45, 7) is 4.65. The zero-order chi connectivity index (χ0) is 12.1. The van der Waals surface area contributed by atoms with Crippen LogP contribution < -0.4 is 11.3 Å². The fourth-order valence-corrected chi connectivity index (χ4v) is 2.32. The lowest BCUT2D eigenvalue weighted by molar-refractivity contribution is -0.127. The molecule has 0 aliphatic rings. The van der Waals surface area contributed by atoms with Crippen LogP contribution in [-0.2, 0) is 11.3 Å². The molecule has 0 aromatic carbocycles. The lowest BCUT2D eigenvalue weighted by Crippen LogP contribution is -2.50. The summed E-state index contributed by atoms with van der Waals surface area (Å²) in [6.07, 6.45) is 0. The summed E-state index contributed by atoms with van der Waals surface area (Å²) in [5.41, 5.74) is 4.97. The van der Waals surface area contributed by atoms with E-state index < -0.39 is 0 Å². The lowest BCUT2D eigenvalue weighted by atomic mass is 10.0. The van der Waals surface area contributed by atoms with E-state index in [2.05, 4.69) is 10.4 Å². The second-order valence-corrected chi connectivity index (χ2v) is 4.81. The van der Waals surface area contributed by atoms with E-state index in [0.717, 1.165) is 5.69 Å². The van der Waals surface area contributed by atoms with Crippen LogP contribution in [0.2, 0.25) is 0 Å². The summed E-state index contributed by atoms with van der Waals surface area (Å²) < 4.78 is 0. The monoisotopic (exact) mass is 242 g/mol. The molecule has 90 valence electrons. The highest BCUT2D eigenvalue weighted by Crippen LogP contribution is 2.13. The van der Waals surface area contributed by atoms with Crippen LogP contribution >= 0.6 is 11.3 Å². The molecule has 1 aromatic heterocycles. The predicted octanol–water partition coefficient (Wildman–Crippen LogP) is 0.589. The number of rotatable bonds is 5. The van der Waals surface area contributed by atoms with Gasteiger partial charge in [0.1, 0.15) is 0 Å². The third-order valence-electron chi connectivity index (χ3n) is 2.41. The van der Waals surface area contributed by atoms with Crippen molar-refractivity contribution >= 4 is 17.2 Å². The van der Waals surface area contributed by atoms with Gasteiger partial charge in [0.25, 0.3) is 5.91 Å². The number of hydrogen-bond donors (Lipinski definition) is 2. The Balaban J connectivity index is 2.68. The minimum absolute atomic E-state index is 0.160. The second-order valence-electron chi connectivity index (χ2n) is 4.09. The molecule has 0 bridgehead atoms. The molecule has 3 N–H and O–H groups in total. The quantitative estimate of drug-likeness (QED) is 0.450. The maximum Gasteiger partial charge on any atom is 0.251 e. The van der Waals surface area contributed by atoms with Crippen molar-refractivity contribution in [1.29, 1.82) is 0 Å². The van der Waals surface area contributed by atoms with Gasteiger partial charge in [0.2, 0.25) is 0 Å². The minimum atomic E-state index is -0.230. The Labute approximate surface area is 99.6 Å². The molecule has 1 atom stereocenters. The Morgan fingerprint density at radius 3 is 2.81 bits per heavy atom. The highest BCUT2D eigenvalue weighted by atomic mass is 32.1. The number of carbonyl (C=O) groups excluding carboxylic acids is 1. The first-order valence-corrected chi connectivity index (χ1v) is 6.08. The maximum atomic E-state index is 11.6. The van der Waals surface area contributed by atoms with Gasteiger partial charge in [-0.2, -0.15) is 0 Å². The van der Waals surface area contributed by atoms with Gasteiger partial charge in [-0.1, -0.05) is 13.8 Å². The van der Waals surface area contributed by atoms with Crippen molar-refractivity contribution in [3.8, 4) is 0 Å². The first-order chi connectivity index (χ1) is 7.56. The Bertz CT molecular complexity index is 326. The first kappa shape index (κ1) is 13.1. The van der Waals surface area contributed by atoms with Crippen LogP contribution in [0.3, 0.4) is 0 Å². The van der Waals surface area contributed by atoms with Gasteiger partial charge in [0, 0.05) is 11.9 Å². The number of likely N-dealkylation sites (N-methyl/N-ethyl adjacent to an activating group) is 1. The molecule has 0 fully saturated rings. The molecule has 16 heavy (non-hydrogen) atoms. The molecule has 0 radical (unpaired) electrons. The van der Waals surface area contributed by atoms with Crippen LogP contribution in [0.1, 0.15) is 19.5 Å².